The molecule has 0 bridgehead atoms. The highest BCUT2D eigenvalue weighted by atomic mass is 16.2. The Bertz CT molecular complexity index is 395. The maximum absolute atomic E-state index is 11.2. The Hall–Kier alpha value is -1.65. The van der Waals surface area contributed by atoms with E-state index in [0.717, 1.165) is 5.69 Å². The molecule has 2 N–H and O–H groups in total. The van der Waals surface area contributed by atoms with Gasteiger partial charge in [-0.25, -0.2) is 0 Å². The first kappa shape index (κ1) is 9.44. The molecular weight excluding hydrogens is 170 g/mol. The van der Waals surface area contributed by atoms with Crippen LogP contribution in [0.3, 0.4) is 0 Å². The Labute approximate surface area is 75.2 Å². The number of rotatable bonds is 2. The molecule has 0 saturated carbocycles. The summed E-state index contributed by atoms with van der Waals surface area (Å²) >= 11 is 0. The van der Waals surface area contributed by atoms with E-state index < -0.39 is 5.91 Å². The summed E-state index contributed by atoms with van der Waals surface area (Å²) < 4.78 is 1.31. The quantitative estimate of drug-likeness (QED) is 0.658. The minimum Gasteiger partial charge on any atom is -0.368 e. The number of aryl methyl sites for hydroxylation is 1. The molecular formula is C8H11N3O2. The molecule has 1 amide bonds. The molecule has 5 heteroatoms. The summed E-state index contributed by atoms with van der Waals surface area (Å²) in [6, 6.07) is 0. The number of aromatic nitrogens is 2. The Morgan fingerprint density at radius 3 is 2.77 bits per heavy atom. The zero-order valence-electron chi connectivity index (χ0n) is 7.57. The monoisotopic (exact) mass is 181 g/mol. The lowest BCUT2D eigenvalue weighted by Crippen LogP contribution is -2.30. The molecule has 0 aliphatic heterocycles. The standard InChI is InChI=1S/C8H11N3O2/c1-5-6(2)11(4-7(9)12)8(13)3-10-5/h3H,4H2,1-2H3,(H2,9,12). The van der Waals surface area contributed by atoms with Crippen molar-refractivity contribution in [2.24, 2.45) is 5.73 Å². The van der Waals surface area contributed by atoms with Gasteiger partial charge in [-0.05, 0) is 13.8 Å². The van der Waals surface area contributed by atoms with Gasteiger partial charge in [0.05, 0.1) is 11.9 Å². The molecule has 1 aromatic heterocycles. The molecule has 0 atom stereocenters. The van der Waals surface area contributed by atoms with Crippen LogP contribution in [0.2, 0.25) is 0 Å². The fourth-order valence-corrected chi connectivity index (χ4v) is 1.03. The van der Waals surface area contributed by atoms with Gasteiger partial charge in [-0.2, -0.15) is 0 Å². The van der Waals surface area contributed by atoms with Gasteiger partial charge in [0, 0.05) is 5.69 Å². The predicted octanol–water partition coefficient (Wildman–Crippen LogP) is -0.655. The van der Waals surface area contributed by atoms with E-state index in [9.17, 15) is 9.59 Å². The molecule has 70 valence electrons. The minimum absolute atomic E-state index is 0.0893. The van der Waals surface area contributed by atoms with Gasteiger partial charge in [0.15, 0.2) is 0 Å². The van der Waals surface area contributed by atoms with Crippen LogP contribution in [0.15, 0.2) is 11.0 Å². The predicted molar refractivity (Wildman–Crippen MR) is 47.2 cm³/mol. The van der Waals surface area contributed by atoms with E-state index in [1.165, 1.54) is 10.8 Å². The van der Waals surface area contributed by atoms with Gasteiger partial charge in [0.2, 0.25) is 5.91 Å². The number of primary amides is 1. The summed E-state index contributed by atoms with van der Waals surface area (Å²) in [5.41, 5.74) is 6.08. The summed E-state index contributed by atoms with van der Waals surface area (Å²) in [6.07, 6.45) is 1.19. The molecule has 1 heterocycles. The van der Waals surface area contributed by atoms with Crippen molar-refractivity contribution < 1.29 is 4.79 Å². The van der Waals surface area contributed by atoms with Crippen LogP contribution in [0.5, 0.6) is 0 Å². The Balaban J connectivity index is 3.25. The lowest BCUT2D eigenvalue weighted by molar-refractivity contribution is -0.118. The number of carbonyl (C=O) groups is 1. The van der Waals surface area contributed by atoms with Crippen molar-refractivity contribution in [1.29, 1.82) is 0 Å². The Morgan fingerprint density at radius 1 is 1.62 bits per heavy atom. The van der Waals surface area contributed by atoms with E-state index in [1.807, 2.05) is 0 Å². The van der Waals surface area contributed by atoms with Crippen LogP contribution in [-0.4, -0.2) is 15.5 Å². The molecule has 0 saturated heterocycles. The van der Waals surface area contributed by atoms with Crippen LogP contribution in [0.1, 0.15) is 11.4 Å². The van der Waals surface area contributed by atoms with Crippen LogP contribution >= 0.6 is 0 Å². The van der Waals surface area contributed by atoms with Crippen LogP contribution < -0.4 is 11.3 Å². The molecule has 0 aliphatic rings. The number of amides is 1. The van der Waals surface area contributed by atoms with E-state index in [4.69, 9.17) is 5.73 Å². The highest BCUT2D eigenvalue weighted by Gasteiger charge is 2.05. The molecule has 0 fully saturated rings. The molecule has 0 spiro atoms. The zero-order valence-corrected chi connectivity index (χ0v) is 7.57. The second-order valence-electron chi connectivity index (χ2n) is 2.82. The Morgan fingerprint density at radius 2 is 2.23 bits per heavy atom. The molecule has 5 nitrogen and oxygen atoms in total. The third kappa shape index (κ3) is 1.93. The zero-order chi connectivity index (χ0) is 10.0. The second-order valence-corrected chi connectivity index (χ2v) is 2.82. The van der Waals surface area contributed by atoms with Gasteiger partial charge in [0.25, 0.3) is 5.56 Å². The van der Waals surface area contributed by atoms with Crippen molar-refractivity contribution >= 4 is 5.91 Å². The van der Waals surface area contributed by atoms with E-state index >= 15 is 0 Å². The number of nitrogens with zero attached hydrogens (tertiary/aromatic N) is 2. The van der Waals surface area contributed by atoms with Crippen molar-refractivity contribution in [3.63, 3.8) is 0 Å². The fourth-order valence-electron chi connectivity index (χ4n) is 1.03. The topological polar surface area (TPSA) is 78.0 Å². The first-order chi connectivity index (χ1) is 6.02. The van der Waals surface area contributed by atoms with Gasteiger partial charge in [-0.15, -0.1) is 0 Å². The maximum Gasteiger partial charge on any atom is 0.269 e. The second kappa shape index (κ2) is 3.38. The maximum atomic E-state index is 11.2. The molecule has 0 aromatic carbocycles. The first-order valence-electron chi connectivity index (χ1n) is 3.83. The lowest BCUT2D eigenvalue weighted by Gasteiger charge is -2.08. The van der Waals surface area contributed by atoms with Crippen molar-refractivity contribution in [3.05, 3.63) is 27.9 Å². The number of nitrogens with two attached hydrogens (primary N) is 1. The average molecular weight is 181 g/mol. The third-order valence-electron chi connectivity index (χ3n) is 1.88. The van der Waals surface area contributed by atoms with Gasteiger partial charge in [0.1, 0.15) is 6.54 Å². The minimum atomic E-state index is -0.532. The van der Waals surface area contributed by atoms with E-state index in [0.29, 0.717) is 5.69 Å². The summed E-state index contributed by atoms with van der Waals surface area (Å²) in [7, 11) is 0. The fraction of sp³-hybridized carbons (Fsp3) is 0.375. The number of hydrogen-bond donors (Lipinski definition) is 1. The first-order valence-corrected chi connectivity index (χ1v) is 3.83. The van der Waals surface area contributed by atoms with E-state index in [-0.39, 0.29) is 12.1 Å². The van der Waals surface area contributed by atoms with Crippen molar-refractivity contribution in [2.45, 2.75) is 20.4 Å². The summed E-state index contributed by atoms with van der Waals surface area (Å²) in [5, 5.41) is 0. The van der Waals surface area contributed by atoms with Crippen molar-refractivity contribution in [2.75, 3.05) is 0 Å². The van der Waals surface area contributed by atoms with Gasteiger partial charge < -0.3 is 10.3 Å². The SMILES string of the molecule is Cc1ncc(=O)n(CC(N)=O)c1C. The Kier molecular flexibility index (Phi) is 2.46. The van der Waals surface area contributed by atoms with E-state index in [2.05, 4.69) is 4.98 Å². The van der Waals surface area contributed by atoms with Gasteiger partial charge >= 0.3 is 0 Å². The van der Waals surface area contributed by atoms with Crippen molar-refractivity contribution in [3.8, 4) is 0 Å². The molecule has 0 aliphatic carbocycles. The number of carbonyl (C=O) groups excluding carboxylic acids is 1. The summed E-state index contributed by atoms with van der Waals surface area (Å²) in [5.74, 6) is -0.532. The summed E-state index contributed by atoms with van der Waals surface area (Å²) in [4.78, 5) is 25.7. The molecule has 0 radical (unpaired) electrons. The van der Waals surface area contributed by atoms with Crippen LogP contribution in [0.25, 0.3) is 0 Å². The summed E-state index contributed by atoms with van der Waals surface area (Å²) in [6.45, 7) is 3.41. The largest absolute Gasteiger partial charge is 0.368 e. The highest BCUT2D eigenvalue weighted by Crippen LogP contribution is 1.98. The molecule has 0 unspecified atom stereocenters. The van der Waals surface area contributed by atoms with Crippen LogP contribution in [0.4, 0.5) is 0 Å². The number of hydrogen-bond acceptors (Lipinski definition) is 3. The van der Waals surface area contributed by atoms with Crippen LogP contribution in [0, 0.1) is 13.8 Å². The van der Waals surface area contributed by atoms with Crippen molar-refractivity contribution in [1.82, 2.24) is 9.55 Å². The third-order valence-corrected chi connectivity index (χ3v) is 1.88. The highest BCUT2D eigenvalue weighted by molar-refractivity contribution is 5.73. The molecule has 1 aromatic rings. The molecule has 1 rings (SSSR count). The van der Waals surface area contributed by atoms with Gasteiger partial charge in [-0.3, -0.25) is 14.6 Å². The van der Waals surface area contributed by atoms with E-state index in [1.54, 1.807) is 13.8 Å². The van der Waals surface area contributed by atoms with Crippen LogP contribution in [-0.2, 0) is 11.3 Å². The smallest absolute Gasteiger partial charge is 0.269 e. The normalized spacial score (nSPS) is 10.0. The molecule has 13 heavy (non-hydrogen) atoms. The lowest BCUT2D eigenvalue weighted by atomic mass is 10.3. The van der Waals surface area contributed by atoms with Gasteiger partial charge in [-0.1, -0.05) is 0 Å². The average Bonchev–Trinajstić information content (AvgIpc) is 2.05.